The van der Waals surface area contributed by atoms with E-state index in [0.29, 0.717) is 23.8 Å². The molecule has 1 aliphatic heterocycles. The zero-order valence-electron chi connectivity index (χ0n) is 22.5. The van der Waals surface area contributed by atoms with Gasteiger partial charge in [-0.05, 0) is 90.3 Å². The van der Waals surface area contributed by atoms with Gasteiger partial charge >= 0.3 is 11.4 Å². The van der Waals surface area contributed by atoms with Crippen molar-refractivity contribution < 1.29 is 19.2 Å². The molecule has 0 atom stereocenters. The summed E-state index contributed by atoms with van der Waals surface area (Å²) in [4.78, 5) is 39.9. The highest BCUT2D eigenvalue weighted by Gasteiger charge is 2.23. The number of likely N-dealkylation sites (tertiary alicyclic amines) is 1. The lowest BCUT2D eigenvalue weighted by Crippen LogP contribution is -2.38. The number of carbonyl (C=O) groups is 1. The third kappa shape index (κ3) is 6.43. The summed E-state index contributed by atoms with van der Waals surface area (Å²) in [6.45, 7) is 4.23. The maximum absolute atomic E-state index is 13.1. The molecule has 9 nitrogen and oxygen atoms in total. The van der Waals surface area contributed by atoms with Gasteiger partial charge in [-0.3, -0.25) is 4.79 Å². The first-order valence-electron chi connectivity index (χ1n) is 13.5. The van der Waals surface area contributed by atoms with Gasteiger partial charge in [0.25, 0.3) is 5.91 Å². The Morgan fingerprint density at radius 3 is 2.48 bits per heavy atom. The lowest BCUT2D eigenvalue weighted by Gasteiger charge is -2.32. The fourth-order valence-corrected chi connectivity index (χ4v) is 5.18. The summed E-state index contributed by atoms with van der Waals surface area (Å²) >= 11 is 0. The first-order chi connectivity index (χ1) is 19.4. The molecule has 2 N–H and O–H groups in total. The van der Waals surface area contributed by atoms with Gasteiger partial charge in [-0.1, -0.05) is 36.4 Å². The topological polar surface area (TPSA) is 118 Å². The number of aliphatic hydroxyl groups is 1. The van der Waals surface area contributed by atoms with Crippen LogP contribution in [0.3, 0.4) is 0 Å². The number of nitrogens with zero attached hydrogens (tertiary/aromatic N) is 2. The van der Waals surface area contributed by atoms with Crippen LogP contribution in [-0.4, -0.2) is 45.3 Å². The Hall–Kier alpha value is -4.37. The summed E-state index contributed by atoms with van der Waals surface area (Å²) in [6.07, 6.45) is 2.69. The number of aromatic amines is 1. The van der Waals surface area contributed by atoms with E-state index in [2.05, 4.69) is 17.1 Å². The number of carbonyl (C=O) groups excluding carboxylic acids is 1. The second kappa shape index (κ2) is 12.2. The van der Waals surface area contributed by atoms with Gasteiger partial charge in [0.2, 0.25) is 0 Å². The second-order valence-electron chi connectivity index (χ2n) is 10.3. The number of hydrogen-bond donors (Lipinski definition) is 2. The first-order valence-corrected chi connectivity index (χ1v) is 13.5. The molecule has 1 aromatic heterocycles. The number of amides is 1. The Morgan fingerprint density at radius 2 is 1.80 bits per heavy atom. The van der Waals surface area contributed by atoms with Crippen LogP contribution in [0.1, 0.15) is 46.3 Å². The molecule has 1 saturated heterocycles. The highest BCUT2D eigenvalue weighted by atomic mass is 16.5. The van der Waals surface area contributed by atoms with Crippen LogP contribution < -0.4 is 16.2 Å². The standard InChI is InChI=1S/C31H33N3O6/c1-21-17-26(29(36)33-14-11-22(12-15-33)13-16-35)7-10-28(21)25-4-2-3-24(18-25)20-39-27-8-5-23(6-9-27)19-34-30(37)32-31(38)40-34/h2-10,17-18,22,35H,11-16,19-20H2,1H3,(H,32,37,38). The van der Waals surface area contributed by atoms with Crippen molar-refractivity contribution in [1.82, 2.24) is 14.6 Å². The number of rotatable bonds is 9. The molecule has 2 heterocycles. The van der Waals surface area contributed by atoms with Crippen molar-refractivity contribution in [2.24, 2.45) is 5.92 Å². The summed E-state index contributed by atoms with van der Waals surface area (Å²) in [7, 11) is 0. The predicted molar refractivity (Wildman–Crippen MR) is 150 cm³/mol. The lowest BCUT2D eigenvalue weighted by molar-refractivity contribution is 0.0678. The van der Waals surface area contributed by atoms with Crippen LogP contribution in [0.25, 0.3) is 11.1 Å². The third-order valence-electron chi connectivity index (χ3n) is 7.43. The number of aryl methyl sites for hydroxylation is 1. The molecular formula is C31H33N3O6. The molecule has 0 bridgehead atoms. The average Bonchev–Trinajstić information content (AvgIpc) is 3.28. The molecule has 1 amide bonds. The van der Waals surface area contributed by atoms with Gasteiger partial charge in [0.15, 0.2) is 0 Å². The molecule has 0 saturated carbocycles. The Bertz CT molecular complexity index is 1580. The van der Waals surface area contributed by atoms with Crippen molar-refractivity contribution in [1.29, 1.82) is 0 Å². The van der Waals surface area contributed by atoms with E-state index in [-0.39, 0.29) is 19.1 Å². The summed E-state index contributed by atoms with van der Waals surface area (Å²) < 4.78 is 11.7. The van der Waals surface area contributed by atoms with Gasteiger partial charge in [0, 0.05) is 25.3 Å². The molecule has 0 radical (unpaired) electrons. The Labute approximate surface area is 231 Å². The zero-order valence-corrected chi connectivity index (χ0v) is 22.5. The summed E-state index contributed by atoms with van der Waals surface area (Å²) in [6, 6.07) is 21.3. The highest BCUT2D eigenvalue weighted by Crippen LogP contribution is 2.27. The Kier molecular flexibility index (Phi) is 8.31. The first kappa shape index (κ1) is 27.2. The molecule has 9 heteroatoms. The summed E-state index contributed by atoms with van der Waals surface area (Å²) in [5, 5.41) is 9.17. The van der Waals surface area contributed by atoms with Crippen LogP contribution in [0, 0.1) is 12.8 Å². The van der Waals surface area contributed by atoms with Gasteiger partial charge in [0.05, 0.1) is 6.54 Å². The normalized spacial score (nSPS) is 13.9. The van der Waals surface area contributed by atoms with Crippen molar-refractivity contribution >= 4 is 5.91 Å². The van der Waals surface area contributed by atoms with E-state index in [1.54, 1.807) is 0 Å². The van der Waals surface area contributed by atoms with Crippen LogP contribution in [0.2, 0.25) is 0 Å². The van der Waals surface area contributed by atoms with Gasteiger partial charge in [-0.25, -0.2) is 14.6 Å². The van der Waals surface area contributed by atoms with Crippen LogP contribution in [0.5, 0.6) is 5.75 Å². The Balaban J connectivity index is 1.20. The Morgan fingerprint density at radius 1 is 1.02 bits per heavy atom. The fourth-order valence-electron chi connectivity index (χ4n) is 5.18. The van der Waals surface area contributed by atoms with Crippen LogP contribution >= 0.6 is 0 Å². The number of aromatic nitrogens is 2. The van der Waals surface area contributed by atoms with Gasteiger partial charge in [-0.15, -0.1) is 4.74 Å². The predicted octanol–water partition coefficient (Wildman–Crippen LogP) is 3.97. The smallest absolute Gasteiger partial charge is 0.440 e. The minimum absolute atomic E-state index is 0.0648. The van der Waals surface area contributed by atoms with Crippen LogP contribution in [0.15, 0.2) is 80.8 Å². The van der Waals surface area contributed by atoms with Crippen molar-refractivity contribution in [3.05, 3.63) is 110 Å². The third-order valence-corrected chi connectivity index (χ3v) is 7.43. The van der Waals surface area contributed by atoms with E-state index in [1.807, 2.05) is 66.4 Å². The minimum atomic E-state index is -0.780. The van der Waals surface area contributed by atoms with Crippen molar-refractivity contribution in [2.75, 3.05) is 19.7 Å². The number of piperidine rings is 1. The fraction of sp³-hybridized carbons (Fsp3) is 0.323. The molecule has 4 aromatic rings. The van der Waals surface area contributed by atoms with E-state index in [4.69, 9.17) is 9.26 Å². The molecular weight excluding hydrogens is 510 g/mol. The number of ether oxygens (including phenoxy) is 1. The molecule has 1 aliphatic rings. The molecule has 208 valence electrons. The summed E-state index contributed by atoms with van der Waals surface area (Å²) in [5.41, 5.74) is 5.07. The van der Waals surface area contributed by atoms with Crippen molar-refractivity contribution in [3.63, 3.8) is 0 Å². The number of benzene rings is 3. The van der Waals surface area contributed by atoms with Gasteiger partial charge in [-0.2, -0.15) is 0 Å². The van der Waals surface area contributed by atoms with Crippen molar-refractivity contribution in [3.8, 4) is 16.9 Å². The number of H-pyrrole nitrogens is 1. The molecule has 0 spiro atoms. The van der Waals surface area contributed by atoms with Crippen molar-refractivity contribution in [2.45, 2.75) is 39.3 Å². The van der Waals surface area contributed by atoms with E-state index in [9.17, 15) is 19.5 Å². The number of nitrogens with one attached hydrogen (secondary N) is 1. The number of aliphatic hydroxyl groups excluding tert-OH is 1. The maximum Gasteiger partial charge on any atom is 0.440 e. The van der Waals surface area contributed by atoms with Gasteiger partial charge in [0.1, 0.15) is 12.4 Å². The second-order valence-corrected chi connectivity index (χ2v) is 10.3. The average molecular weight is 544 g/mol. The molecule has 0 unspecified atom stereocenters. The van der Waals surface area contributed by atoms with Gasteiger partial charge < -0.3 is 19.3 Å². The highest BCUT2D eigenvalue weighted by molar-refractivity contribution is 5.95. The SMILES string of the molecule is Cc1cc(C(=O)N2CCC(CCO)CC2)ccc1-c1cccc(COc2ccc(Cn3oc(=O)[nH]c3=O)cc2)c1. The van der Waals surface area contributed by atoms with E-state index in [1.165, 1.54) is 0 Å². The van der Waals surface area contributed by atoms with E-state index in [0.717, 1.165) is 64.9 Å². The quantitative estimate of drug-likeness (QED) is 0.330. The lowest BCUT2D eigenvalue weighted by atomic mass is 9.93. The van der Waals surface area contributed by atoms with Crippen LogP contribution in [0.4, 0.5) is 0 Å². The molecule has 40 heavy (non-hydrogen) atoms. The largest absolute Gasteiger partial charge is 0.489 e. The molecule has 3 aromatic carbocycles. The molecule has 5 rings (SSSR count). The number of hydrogen-bond acceptors (Lipinski definition) is 6. The maximum atomic E-state index is 13.1. The monoisotopic (exact) mass is 543 g/mol. The summed E-state index contributed by atoms with van der Waals surface area (Å²) in [5.74, 6) is 0.464. The molecule has 1 fully saturated rings. The van der Waals surface area contributed by atoms with Crippen LogP contribution in [-0.2, 0) is 13.2 Å². The van der Waals surface area contributed by atoms with E-state index < -0.39 is 11.4 Å². The molecule has 0 aliphatic carbocycles. The van der Waals surface area contributed by atoms with E-state index >= 15 is 0 Å². The minimum Gasteiger partial charge on any atom is -0.489 e. The zero-order chi connectivity index (χ0) is 28.1.